The molecule has 0 bridgehead atoms. The monoisotopic (exact) mass is 208 g/mol. The molecule has 0 atom stereocenters. The van der Waals surface area contributed by atoms with Gasteiger partial charge in [-0.15, -0.1) is 0 Å². The summed E-state index contributed by atoms with van der Waals surface area (Å²) in [6.45, 7) is 1.55. The Morgan fingerprint density at radius 2 is 1.69 bits per heavy atom. The average Bonchev–Trinajstić information content (AvgIpc) is 2.18. The van der Waals surface area contributed by atoms with Gasteiger partial charge in [-0.25, -0.2) is 4.79 Å². The van der Waals surface area contributed by atoms with Crippen molar-refractivity contribution >= 4 is 13.6 Å². The normalized spacial score (nSPS) is 12.8. The van der Waals surface area contributed by atoms with Crippen LogP contribution in [0.3, 0.4) is 0 Å². The Morgan fingerprint density at radius 1 is 1.23 bits per heavy atom. The molecule has 0 saturated heterocycles. The van der Waals surface area contributed by atoms with Gasteiger partial charge in [-0.3, -0.25) is 4.57 Å². The van der Waals surface area contributed by atoms with Crippen molar-refractivity contribution in [3.8, 4) is 0 Å². The van der Waals surface area contributed by atoms with Crippen molar-refractivity contribution in [1.82, 2.24) is 0 Å². The van der Waals surface area contributed by atoms with E-state index in [-0.39, 0.29) is 5.31 Å². The molecule has 0 saturated carbocycles. The number of hydrogen-bond donors (Lipinski definition) is 0. The maximum absolute atomic E-state index is 11.7. The second-order valence-electron chi connectivity index (χ2n) is 2.03. The van der Waals surface area contributed by atoms with Crippen LogP contribution in [0.2, 0.25) is 0 Å². The average molecular weight is 208 g/mol. The minimum atomic E-state index is -3.48. The standard InChI is InChI=1S/C7H13O5P/c1-5-6(7(8)10-2)13(9,11-3)12-4/h5H,1-4H3/b6-5-. The van der Waals surface area contributed by atoms with Crippen LogP contribution in [0.4, 0.5) is 0 Å². The Labute approximate surface area is 77.2 Å². The first kappa shape index (κ1) is 12.4. The zero-order valence-corrected chi connectivity index (χ0v) is 8.96. The van der Waals surface area contributed by atoms with Crippen LogP contribution < -0.4 is 0 Å². The number of carbonyl (C=O) groups is 1. The molecule has 5 nitrogen and oxygen atoms in total. The smallest absolute Gasteiger partial charge is 0.367 e. The number of ether oxygens (including phenoxy) is 1. The van der Waals surface area contributed by atoms with Crippen LogP contribution in [-0.2, 0) is 23.1 Å². The van der Waals surface area contributed by atoms with Gasteiger partial charge in [0.1, 0.15) is 5.31 Å². The van der Waals surface area contributed by atoms with Crippen molar-refractivity contribution in [2.45, 2.75) is 6.92 Å². The van der Waals surface area contributed by atoms with Crippen LogP contribution in [0.1, 0.15) is 6.92 Å². The van der Waals surface area contributed by atoms with E-state index in [1.54, 1.807) is 6.92 Å². The molecule has 0 aliphatic carbocycles. The molecule has 0 N–H and O–H groups in total. The van der Waals surface area contributed by atoms with E-state index in [4.69, 9.17) is 0 Å². The maximum atomic E-state index is 11.7. The Hall–Kier alpha value is -0.640. The minimum absolute atomic E-state index is 0.0972. The Balaban J connectivity index is 4.99. The topological polar surface area (TPSA) is 61.8 Å². The molecule has 0 spiro atoms. The predicted molar refractivity (Wildman–Crippen MR) is 47.4 cm³/mol. The lowest BCUT2D eigenvalue weighted by molar-refractivity contribution is -0.135. The van der Waals surface area contributed by atoms with Crippen molar-refractivity contribution in [3.63, 3.8) is 0 Å². The number of carbonyl (C=O) groups excluding carboxylic acids is 1. The SMILES string of the molecule is C/C=C(/C(=O)OC)P(=O)(OC)OC. The molecule has 0 amide bonds. The molecule has 0 rings (SSSR count). The van der Waals surface area contributed by atoms with E-state index in [0.717, 1.165) is 0 Å². The highest BCUT2D eigenvalue weighted by Crippen LogP contribution is 2.54. The van der Waals surface area contributed by atoms with Crippen molar-refractivity contribution < 1.29 is 23.1 Å². The summed E-state index contributed by atoms with van der Waals surface area (Å²) in [4.78, 5) is 11.1. The van der Waals surface area contributed by atoms with Crippen LogP contribution in [-0.4, -0.2) is 27.3 Å². The van der Waals surface area contributed by atoms with E-state index >= 15 is 0 Å². The first-order valence-corrected chi connectivity index (χ1v) is 5.06. The third-order valence-corrected chi connectivity index (χ3v) is 3.44. The van der Waals surface area contributed by atoms with Gasteiger partial charge in [0.15, 0.2) is 0 Å². The highest BCUT2D eigenvalue weighted by atomic mass is 31.2. The highest BCUT2D eigenvalue weighted by molar-refractivity contribution is 7.59. The fourth-order valence-corrected chi connectivity index (χ4v) is 1.94. The predicted octanol–water partition coefficient (Wildman–Crippen LogP) is 1.55. The quantitative estimate of drug-likeness (QED) is 0.398. The van der Waals surface area contributed by atoms with Crippen LogP contribution >= 0.6 is 7.60 Å². The molecule has 13 heavy (non-hydrogen) atoms. The second kappa shape index (κ2) is 5.17. The Morgan fingerprint density at radius 3 is 1.92 bits per heavy atom. The number of allylic oxidation sites excluding steroid dienone is 1. The van der Waals surface area contributed by atoms with E-state index in [2.05, 4.69) is 13.8 Å². The summed E-state index contributed by atoms with van der Waals surface area (Å²) < 4.78 is 25.3. The highest BCUT2D eigenvalue weighted by Gasteiger charge is 2.33. The summed E-state index contributed by atoms with van der Waals surface area (Å²) in [5.41, 5.74) is 0. The van der Waals surface area contributed by atoms with E-state index in [0.29, 0.717) is 0 Å². The third-order valence-electron chi connectivity index (χ3n) is 1.44. The largest absolute Gasteiger partial charge is 0.465 e. The van der Waals surface area contributed by atoms with Crippen molar-refractivity contribution in [3.05, 3.63) is 11.4 Å². The van der Waals surface area contributed by atoms with E-state index in [9.17, 15) is 9.36 Å². The summed E-state index contributed by atoms with van der Waals surface area (Å²) in [7, 11) is 0.129. The van der Waals surface area contributed by atoms with Gasteiger partial charge in [0.2, 0.25) is 0 Å². The van der Waals surface area contributed by atoms with Gasteiger partial charge < -0.3 is 13.8 Å². The molecule has 0 aromatic rings. The fourth-order valence-electron chi connectivity index (χ4n) is 0.764. The van der Waals surface area contributed by atoms with Gasteiger partial charge in [0.25, 0.3) is 0 Å². The molecule has 0 fully saturated rings. The van der Waals surface area contributed by atoms with Gasteiger partial charge >= 0.3 is 13.6 Å². The summed E-state index contributed by atoms with van der Waals surface area (Å²) in [6.07, 6.45) is 1.35. The van der Waals surface area contributed by atoms with E-state index in [1.807, 2.05) is 0 Å². The first-order valence-electron chi connectivity index (χ1n) is 3.52. The lowest BCUT2D eigenvalue weighted by atomic mass is 10.5. The van der Waals surface area contributed by atoms with E-state index < -0.39 is 13.6 Å². The molecule has 76 valence electrons. The molecular formula is C7H13O5P. The molecule has 0 heterocycles. The summed E-state index contributed by atoms with van der Waals surface area (Å²) in [6, 6.07) is 0. The molecule has 0 radical (unpaired) electrons. The van der Waals surface area contributed by atoms with Gasteiger partial charge in [0.05, 0.1) is 7.11 Å². The second-order valence-corrected chi connectivity index (χ2v) is 4.24. The molecular weight excluding hydrogens is 195 g/mol. The number of hydrogen-bond acceptors (Lipinski definition) is 5. The number of methoxy groups -OCH3 is 1. The maximum Gasteiger partial charge on any atom is 0.367 e. The molecule has 0 aromatic carbocycles. The zero-order chi connectivity index (χ0) is 10.5. The van der Waals surface area contributed by atoms with Crippen LogP contribution in [0.15, 0.2) is 11.4 Å². The molecule has 0 unspecified atom stereocenters. The molecule has 0 aliphatic heterocycles. The van der Waals surface area contributed by atoms with Gasteiger partial charge in [-0.05, 0) is 6.92 Å². The molecule has 0 aromatic heterocycles. The van der Waals surface area contributed by atoms with Gasteiger partial charge in [-0.2, -0.15) is 0 Å². The van der Waals surface area contributed by atoms with Crippen LogP contribution in [0, 0.1) is 0 Å². The van der Waals surface area contributed by atoms with Gasteiger partial charge in [-0.1, -0.05) is 6.08 Å². The lowest BCUT2D eigenvalue weighted by Gasteiger charge is -2.14. The minimum Gasteiger partial charge on any atom is -0.465 e. The fraction of sp³-hybridized carbons (Fsp3) is 0.571. The van der Waals surface area contributed by atoms with Crippen LogP contribution in [0.5, 0.6) is 0 Å². The van der Waals surface area contributed by atoms with Crippen molar-refractivity contribution in [2.24, 2.45) is 0 Å². The summed E-state index contributed by atoms with van der Waals surface area (Å²) >= 11 is 0. The zero-order valence-electron chi connectivity index (χ0n) is 8.07. The van der Waals surface area contributed by atoms with E-state index in [1.165, 1.54) is 27.4 Å². The molecule has 6 heteroatoms. The first-order chi connectivity index (χ1) is 6.05. The van der Waals surface area contributed by atoms with Crippen LogP contribution in [0.25, 0.3) is 0 Å². The summed E-state index contributed by atoms with van der Waals surface area (Å²) in [5.74, 6) is -0.713. The molecule has 0 aliphatic rings. The van der Waals surface area contributed by atoms with Crippen molar-refractivity contribution in [2.75, 3.05) is 21.3 Å². The van der Waals surface area contributed by atoms with Crippen molar-refractivity contribution in [1.29, 1.82) is 0 Å². The number of rotatable bonds is 4. The summed E-state index contributed by atoms with van der Waals surface area (Å²) in [5, 5.41) is -0.0972. The Bertz CT molecular complexity index is 250. The third kappa shape index (κ3) is 2.66. The number of esters is 1. The Kier molecular flexibility index (Phi) is 4.91. The van der Waals surface area contributed by atoms with Gasteiger partial charge in [0, 0.05) is 14.2 Å². The lowest BCUT2D eigenvalue weighted by Crippen LogP contribution is -2.07.